The van der Waals surface area contributed by atoms with Crippen molar-refractivity contribution in [1.82, 2.24) is 5.32 Å². The van der Waals surface area contributed by atoms with E-state index in [-0.39, 0.29) is 39.6 Å². The molecule has 7 heteroatoms. The van der Waals surface area contributed by atoms with Crippen LogP contribution in [0.15, 0.2) is 0 Å². The van der Waals surface area contributed by atoms with E-state index in [1.54, 1.807) is 0 Å². The summed E-state index contributed by atoms with van der Waals surface area (Å²) in [6.07, 6.45) is 2.30. The molecule has 0 saturated carbocycles. The van der Waals surface area contributed by atoms with Crippen LogP contribution >= 0.6 is 11.8 Å². The molecule has 24 heavy (non-hydrogen) atoms. The minimum Gasteiger partial charge on any atom is -0.413 e. The number of amides is 1. The Morgan fingerprint density at radius 2 is 2.12 bits per heavy atom. The molecular weight excluding hydrogens is 342 g/mol. The molecular formula is C17H31NO4SSi. The largest absolute Gasteiger partial charge is 0.413 e. The second kappa shape index (κ2) is 7.48. The molecule has 5 nitrogen and oxygen atoms in total. The Hall–Kier alpha value is -0.373. The van der Waals surface area contributed by atoms with E-state index >= 15 is 0 Å². The highest BCUT2D eigenvalue weighted by Gasteiger charge is 2.48. The van der Waals surface area contributed by atoms with Gasteiger partial charge in [-0.2, -0.15) is 0 Å². The molecule has 0 aliphatic carbocycles. The number of ether oxygens (including phenoxy) is 1. The monoisotopic (exact) mass is 373 g/mol. The highest BCUT2D eigenvalue weighted by molar-refractivity contribution is 8.14. The maximum absolute atomic E-state index is 12.2. The zero-order valence-electron chi connectivity index (χ0n) is 15.7. The lowest BCUT2D eigenvalue weighted by Crippen LogP contribution is -2.62. The number of carbonyl (C=O) groups is 2. The summed E-state index contributed by atoms with van der Waals surface area (Å²) in [7, 11) is -1.94. The number of rotatable bonds is 6. The molecule has 0 aromatic heterocycles. The Balaban J connectivity index is 1.89. The van der Waals surface area contributed by atoms with Crippen LogP contribution in [0.4, 0.5) is 0 Å². The number of hydrogen-bond acceptors (Lipinski definition) is 5. The molecule has 2 saturated heterocycles. The third kappa shape index (κ3) is 4.62. The van der Waals surface area contributed by atoms with Crippen molar-refractivity contribution in [3.05, 3.63) is 0 Å². The summed E-state index contributed by atoms with van der Waals surface area (Å²) in [4.78, 5) is 24.2. The van der Waals surface area contributed by atoms with E-state index in [9.17, 15) is 9.59 Å². The summed E-state index contributed by atoms with van der Waals surface area (Å²) in [5, 5.41) is 2.87. The summed E-state index contributed by atoms with van der Waals surface area (Å²) in [5.74, 6) is -0.263. The van der Waals surface area contributed by atoms with E-state index in [1.807, 2.05) is 6.92 Å². The van der Waals surface area contributed by atoms with Crippen molar-refractivity contribution in [2.45, 2.75) is 82.7 Å². The molecule has 1 N–H and O–H groups in total. The first-order valence-corrected chi connectivity index (χ1v) is 12.6. The number of carbonyl (C=O) groups excluding carboxylic acids is 2. The van der Waals surface area contributed by atoms with E-state index in [4.69, 9.17) is 9.16 Å². The Bertz CT molecular complexity index is 485. The van der Waals surface area contributed by atoms with Gasteiger partial charge in [0.05, 0.1) is 23.5 Å². The maximum atomic E-state index is 12.2. The van der Waals surface area contributed by atoms with Crippen molar-refractivity contribution in [2.24, 2.45) is 5.92 Å². The Morgan fingerprint density at radius 1 is 1.46 bits per heavy atom. The molecule has 2 fully saturated rings. The number of nitrogens with one attached hydrogen (secondary N) is 1. The minimum atomic E-state index is -1.94. The fourth-order valence-electron chi connectivity index (χ4n) is 2.83. The zero-order chi connectivity index (χ0) is 18.1. The van der Waals surface area contributed by atoms with Gasteiger partial charge in [-0.05, 0) is 37.9 Å². The SMILES string of the molecule is CC(O[Si](C)(C)C(C)(C)C)C1C(=O)NC1SC(=O)CC1CCCO1. The van der Waals surface area contributed by atoms with E-state index in [2.05, 4.69) is 39.2 Å². The van der Waals surface area contributed by atoms with Gasteiger partial charge in [-0.1, -0.05) is 32.5 Å². The molecule has 0 spiro atoms. The number of hydrogen-bond donors (Lipinski definition) is 1. The fraction of sp³-hybridized carbons (Fsp3) is 0.882. The van der Waals surface area contributed by atoms with Gasteiger partial charge >= 0.3 is 0 Å². The lowest BCUT2D eigenvalue weighted by molar-refractivity contribution is -0.136. The molecule has 2 aliphatic heterocycles. The lowest BCUT2D eigenvalue weighted by Gasteiger charge is -2.44. The van der Waals surface area contributed by atoms with Crippen molar-refractivity contribution < 1.29 is 18.8 Å². The van der Waals surface area contributed by atoms with E-state index in [0.29, 0.717) is 6.42 Å². The van der Waals surface area contributed by atoms with Gasteiger partial charge in [0.25, 0.3) is 0 Å². The quantitative estimate of drug-likeness (QED) is 0.572. The number of β-lactam (4-membered cyclic amide) rings is 1. The van der Waals surface area contributed by atoms with Crippen LogP contribution in [0.1, 0.15) is 47.0 Å². The van der Waals surface area contributed by atoms with E-state index in [1.165, 1.54) is 11.8 Å². The molecule has 2 aliphatic rings. The highest BCUT2D eigenvalue weighted by Crippen LogP contribution is 2.40. The van der Waals surface area contributed by atoms with Gasteiger partial charge in [-0.15, -0.1) is 0 Å². The van der Waals surface area contributed by atoms with Crippen LogP contribution in [0.3, 0.4) is 0 Å². The minimum absolute atomic E-state index is 0.0105. The van der Waals surface area contributed by atoms with E-state index in [0.717, 1.165) is 19.4 Å². The first kappa shape index (κ1) is 19.9. The van der Waals surface area contributed by atoms with Crippen molar-refractivity contribution >= 4 is 31.1 Å². The van der Waals surface area contributed by atoms with Gasteiger partial charge in [0.1, 0.15) is 0 Å². The fourth-order valence-corrected chi connectivity index (χ4v) is 5.49. The third-order valence-corrected chi connectivity index (χ3v) is 11.1. The van der Waals surface area contributed by atoms with Gasteiger partial charge in [0, 0.05) is 13.0 Å². The Labute approximate surface area is 150 Å². The zero-order valence-corrected chi connectivity index (χ0v) is 17.5. The molecule has 0 radical (unpaired) electrons. The summed E-state index contributed by atoms with van der Waals surface area (Å²) in [6, 6.07) is 0. The van der Waals surface area contributed by atoms with Crippen molar-refractivity contribution in [3.63, 3.8) is 0 Å². The van der Waals surface area contributed by atoms with Gasteiger partial charge in [0.2, 0.25) is 5.91 Å². The second-order valence-electron chi connectivity index (χ2n) is 8.37. The van der Waals surface area contributed by atoms with Gasteiger partial charge in [0.15, 0.2) is 13.4 Å². The van der Waals surface area contributed by atoms with Crippen LogP contribution in [-0.2, 0) is 18.8 Å². The summed E-state index contributed by atoms with van der Waals surface area (Å²) >= 11 is 1.23. The molecule has 1 amide bonds. The molecule has 4 unspecified atom stereocenters. The van der Waals surface area contributed by atoms with Crippen molar-refractivity contribution in [2.75, 3.05) is 6.61 Å². The Morgan fingerprint density at radius 3 is 2.62 bits per heavy atom. The van der Waals surface area contributed by atoms with Crippen LogP contribution < -0.4 is 5.32 Å². The second-order valence-corrected chi connectivity index (χ2v) is 14.3. The first-order valence-electron chi connectivity index (χ1n) is 8.80. The summed E-state index contributed by atoms with van der Waals surface area (Å²) in [5.41, 5.74) is 0. The van der Waals surface area contributed by atoms with Crippen LogP contribution in [0, 0.1) is 5.92 Å². The highest BCUT2D eigenvalue weighted by atomic mass is 32.2. The molecule has 2 heterocycles. The topological polar surface area (TPSA) is 64.6 Å². The summed E-state index contributed by atoms with van der Waals surface area (Å²) in [6.45, 7) is 13.6. The molecule has 4 atom stereocenters. The molecule has 0 aromatic carbocycles. The molecule has 2 rings (SSSR count). The standard InChI is InChI=1S/C17H31NO4SSi/c1-11(22-24(5,6)17(2,3)4)14-15(20)18-16(14)23-13(19)10-12-8-7-9-21-12/h11-12,14,16H,7-10H2,1-6H3,(H,18,20). The maximum Gasteiger partial charge on any atom is 0.229 e. The van der Waals surface area contributed by atoms with Gasteiger partial charge < -0.3 is 14.5 Å². The van der Waals surface area contributed by atoms with Gasteiger partial charge in [-0.3, -0.25) is 9.59 Å². The van der Waals surface area contributed by atoms with E-state index < -0.39 is 8.32 Å². The molecule has 0 bridgehead atoms. The predicted octanol–water partition coefficient (Wildman–Crippen LogP) is 3.30. The van der Waals surface area contributed by atoms with Crippen molar-refractivity contribution in [1.29, 1.82) is 0 Å². The first-order chi connectivity index (χ1) is 11.0. The average Bonchev–Trinajstić information content (AvgIpc) is 2.88. The smallest absolute Gasteiger partial charge is 0.229 e. The normalized spacial score (nSPS) is 29.1. The Kier molecular flexibility index (Phi) is 6.21. The lowest BCUT2D eigenvalue weighted by atomic mass is 9.96. The molecule has 138 valence electrons. The van der Waals surface area contributed by atoms with Crippen LogP contribution in [0.2, 0.25) is 18.1 Å². The van der Waals surface area contributed by atoms with Gasteiger partial charge in [-0.25, -0.2) is 0 Å². The summed E-state index contributed by atoms with van der Waals surface area (Å²) < 4.78 is 11.9. The molecule has 0 aromatic rings. The predicted molar refractivity (Wildman–Crippen MR) is 99.4 cm³/mol. The average molecular weight is 374 g/mol. The van der Waals surface area contributed by atoms with Crippen LogP contribution in [0.5, 0.6) is 0 Å². The van der Waals surface area contributed by atoms with Crippen molar-refractivity contribution in [3.8, 4) is 0 Å². The van der Waals surface area contributed by atoms with Crippen LogP contribution in [0.25, 0.3) is 0 Å². The van der Waals surface area contributed by atoms with Crippen LogP contribution in [-0.4, -0.2) is 43.5 Å². The number of thioether (sulfide) groups is 1. The third-order valence-electron chi connectivity index (χ3n) is 5.38.